The van der Waals surface area contributed by atoms with E-state index < -0.39 is 0 Å². The standard InChI is InChI=1S/C11H14BrClN2/c1-8-5-11(14-6-10(8)12)15-4-2-3-9(13)7-15/h5-6,9H,2-4,7H2,1H3. The van der Waals surface area contributed by atoms with Crippen LogP contribution in [0.1, 0.15) is 18.4 Å². The third-order valence-corrected chi connectivity index (χ3v) is 3.91. The lowest BCUT2D eigenvalue weighted by Crippen LogP contribution is -2.36. The van der Waals surface area contributed by atoms with Crippen LogP contribution in [0.15, 0.2) is 16.7 Å². The van der Waals surface area contributed by atoms with Crippen LogP contribution in [0.3, 0.4) is 0 Å². The van der Waals surface area contributed by atoms with Crippen molar-refractivity contribution in [2.75, 3.05) is 18.0 Å². The molecule has 4 heteroatoms. The lowest BCUT2D eigenvalue weighted by Gasteiger charge is -2.30. The number of hydrogen-bond acceptors (Lipinski definition) is 2. The molecule has 0 aromatic carbocycles. The predicted molar refractivity (Wildman–Crippen MR) is 67.8 cm³/mol. The molecule has 0 amide bonds. The number of piperidine rings is 1. The molecule has 82 valence electrons. The van der Waals surface area contributed by atoms with Crippen LogP contribution in [0.25, 0.3) is 0 Å². The minimum Gasteiger partial charge on any atom is -0.355 e. The number of aryl methyl sites for hydroxylation is 1. The first kappa shape index (κ1) is 11.2. The van der Waals surface area contributed by atoms with Crippen LogP contribution < -0.4 is 4.90 Å². The number of nitrogens with zero attached hydrogens (tertiary/aromatic N) is 2. The predicted octanol–water partition coefficient (Wildman–Crippen LogP) is 3.36. The fourth-order valence-corrected chi connectivity index (χ4v) is 2.37. The van der Waals surface area contributed by atoms with Crippen LogP contribution in [-0.2, 0) is 0 Å². The Balaban J connectivity index is 2.18. The van der Waals surface area contributed by atoms with Crippen molar-refractivity contribution in [3.8, 4) is 0 Å². The maximum atomic E-state index is 6.15. The van der Waals surface area contributed by atoms with Gasteiger partial charge in [-0.25, -0.2) is 4.98 Å². The number of anilines is 1. The van der Waals surface area contributed by atoms with Gasteiger partial charge in [-0.15, -0.1) is 11.6 Å². The van der Waals surface area contributed by atoms with E-state index in [9.17, 15) is 0 Å². The fourth-order valence-electron chi connectivity index (χ4n) is 1.83. The number of rotatable bonds is 1. The van der Waals surface area contributed by atoms with Gasteiger partial charge in [-0.1, -0.05) is 0 Å². The van der Waals surface area contributed by atoms with Gasteiger partial charge in [-0.2, -0.15) is 0 Å². The molecule has 0 bridgehead atoms. The molecule has 1 aromatic rings. The van der Waals surface area contributed by atoms with E-state index in [-0.39, 0.29) is 5.38 Å². The van der Waals surface area contributed by atoms with Gasteiger partial charge in [0.05, 0.1) is 5.38 Å². The average Bonchev–Trinajstić information content (AvgIpc) is 2.22. The summed E-state index contributed by atoms with van der Waals surface area (Å²) < 4.78 is 1.06. The molecule has 2 heterocycles. The van der Waals surface area contributed by atoms with Gasteiger partial charge in [0.1, 0.15) is 5.82 Å². The third kappa shape index (κ3) is 2.64. The summed E-state index contributed by atoms with van der Waals surface area (Å²) in [6, 6.07) is 2.11. The van der Waals surface area contributed by atoms with Crippen LogP contribution >= 0.6 is 27.5 Å². The maximum Gasteiger partial charge on any atom is 0.128 e. The summed E-state index contributed by atoms with van der Waals surface area (Å²) in [5.41, 5.74) is 1.22. The lowest BCUT2D eigenvalue weighted by atomic mass is 10.1. The van der Waals surface area contributed by atoms with Gasteiger partial charge in [0, 0.05) is 23.8 Å². The van der Waals surface area contributed by atoms with E-state index >= 15 is 0 Å². The van der Waals surface area contributed by atoms with Crippen LogP contribution in [0.5, 0.6) is 0 Å². The number of pyridine rings is 1. The molecule has 0 spiro atoms. The van der Waals surface area contributed by atoms with Gasteiger partial charge in [-0.3, -0.25) is 0 Å². The molecule has 0 saturated carbocycles. The van der Waals surface area contributed by atoms with Gasteiger partial charge >= 0.3 is 0 Å². The minimum atomic E-state index is 0.268. The van der Waals surface area contributed by atoms with Crippen molar-refractivity contribution < 1.29 is 0 Å². The molecule has 1 fully saturated rings. The molecule has 1 aliphatic heterocycles. The van der Waals surface area contributed by atoms with E-state index in [1.807, 2.05) is 6.20 Å². The SMILES string of the molecule is Cc1cc(N2CCCC(Cl)C2)ncc1Br. The van der Waals surface area contributed by atoms with E-state index in [1.165, 1.54) is 5.56 Å². The largest absolute Gasteiger partial charge is 0.355 e. The van der Waals surface area contributed by atoms with Crippen LogP contribution in [0.2, 0.25) is 0 Å². The van der Waals surface area contributed by atoms with Crippen molar-refractivity contribution in [1.29, 1.82) is 0 Å². The number of alkyl halides is 1. The average molecular weight is 290 g/mol. The Morgan fingerprint density at radius 2 is 2.40 bits per heavy atom. The molecule has 2 nitrogen and oxygen atoms in total. The zero-order valence-corrected chi connectivity index (χ0v) is 11.1. The first-order valence-electron chi connectivity index (χ1n) is 5.18. The summed E-state index contributed by atoms with van der Waals surface area (Å²) in [4.78, 5) is 6.68. The molecule has 0 radical (unpaired) electrons. The second-order valence-corrected chi connectivity index (χ2v) is 5.45. The zero-order chi connectivity index (χ0) is 10.8. The minimum absolute atomic E-state index is 0.268. The molecular weight excluding hydrogens is 275 g/mol. The molecule has 1 aromatic heterocycles. The zero-order valence-electron chi connectivity index (χ0n) is 8.71. The highest BCUT2D eigenvalue weighted by Gasteiger charge is 2.19. The number of hydrogen-bond donors (Lipinski definition) is 0. The van der Waals surface area contributed by atoms with Gasteiger partial charge < -0.3 is 4.90 Å². The van der Waals surface area contributed by atoms with Crippen LogP contribution in [0.4, 0.5) is 5.82 Å². The Bertz CT molecular complexity index is 356. The quantitative estimate of drug-likeness (QED) is 0.737. The monoisotopic (exact) mass is 288 g/mol. The highest BCUT2D eigenvalue weighted by atomic mass is 79.9. The smallest absolute Gasteiger partial charge is 0.128 e. The molecular formula is C11H14BrClN2. The summed E-state index contributed by atoms with van der Waals surface area (Å²) in [6.45, 7) is 4.06. The lowest BCUT2D eigenvalue weighted by molar-refractivity contribution is 0.580. The van der Waals surface area contributed by atoms with Crippen molar-refractivity contribution in [3.05, 3.63) is 22.3 Å². The normalized spacial score (nSPS) is 21.8. The van der Waals surface area contributed by atoms with E-state index in [2.05, 4.69) is 38.8 Å². The molecule has 1 aliphatic rings. The van der Waals surface area contributed by atoms with Crippen LogP contribution in [0, 0.1) is 6.92 Å². The molecule has 2 rings (SSSR count). The Labute approximate surface area is 104 Å². The first-order chi connectivity index (χ1) is 7.16. The number of aromatic nitrogens is 1. The van der Waals surface area contributed by atoms with E-state index in [1.54, 1.807) is 0 Å². The topological polar surface area (TPSA) is 16.1 Å². The third-order valence-electron chi connectivity index (χ3n) is 2.72. The summed E-state index contributed by atoms with van der Waals surface area (Å²) in [7, 11) is 0. The highest BCUT2D eigenvalue weighted by molar-refractivity contribution is 9.10. The first-order valence-corrected chi connectivity index (χ1v) is 6.41. The molecule has 15 heavy (non-hydrogen) atoms. The van der Waals surface area contributed by atoms with Crippen molar-refractivity contribution in [3.63, 3.8) is 0 Å². The fraction of sp³-hybridized carbons (Fsp3) is 0.545. The highest BCUT2D eigenvalue weighted by Crippen LogP contribution is 2.24. The Hall–Kier alpha value is -0.280. The summed E-state index contributed by atoms with van der Waals surface area (Å²) in [6.07, 6.45) is 4.14. The summed E-state index contributed by atoms with van der Waals surface area (Å²) >= 11 is 9.61. The summed E-state index contributed by atoms with van der Waals surface area (Å²) in [5, 5.41) is 0.268. The van der Waals surface area contributed by atoms with Crippen molar-refractivity contribution >= 4 is 33.3 Å². The molecule has 0 N–H and O–H groups in total. The van der Waals surface area contributed by atoms with E-state index in [0.29, 0.717) is 0 Å². The van der Waals surface area contributed by atoms with Gasteiger partial charge in [0.25, 0.3) is 0 Å². The van der Waals surface area contributed by atoms with Gasteiger partial charge in [-0.05, 0) is 47.3 Å². The second kappa shape index (κ2) is 4.71. The van der Waals surface area contributed by atoms with E-state index in [4.69, 9.17) is 11.6 Å². The van der Waals surface area contributed by atoms with Gasteiger partial charge in [0.2, 0.25) is 0 Å². The van der Waals surface area contributed by atoms with Crippen LogP contribution in [-0.4, -0.2) is 23.5 Å². The molecule has 0 aliphatic carbocycles. The second-order valence-electron chi connectivity index (χ2n) is 3.98. The molecule has 1 atom stereocenters. The molecule has 1 saturated heterocycles. The van der Waals surface area contributed by atoms with E-state index in [0.717, 1.165) is 36.2 Å². The van der Waals surface area contributed by atoms with Crippen molar-refractivity contribution in [2.45, 2.75) is 25.1 Å². The maximum absolute atomic E-state index is 6.15. The Morgan fingerprint density at radius 3 is 3.07 bits per heavy atom. The van der Waals surface area contributed by atoms with Gasteiger partial charge in [0.15, 0.2) is 0 Å². The summed E-state index contributed by atoms with van der Waals surface area (Å²) in [5.74, 6) is 1.04. The Kier molecular flexibility index (Phi) is 3.52. The molecule has 1 unspecified atom stereocenters. The number of halogens is 2. The Morgan fingerprint density at radius 1 is 1.60 bits per heavy atom. The van der Waals surface area contributed by atoms with Crippen molar-refractivity contribution in [1.82, 2.24) is 4.98 Å². The van der Waals surface area contributed by atoms with Crippen molar-refractivity contribution in [2.24, 2.45) is 0 Å².